The van der Waals surface area contributed by atoms with Gasteiger partial charge in [-0.15, -0.1) is 0 Å². The van der Waals surface area contributed by atoms with E-state index < -0.39 is 34.8 Å². The molecule has 11 heteroatoms. The van der Waals surface area contributed by atoms with Crippen LogP contribution in [0.25, 0.3) is 0 Å². The van der Waals surface area contributed by atoms with Crippen molar-refractivity contribution in [2.75, 3.05) is 26.3 Å². The molecule has 6 radical (unpaired) electrons. The summed E-state index contributed by atoms with van der Waals surface area (Å²) < 4.78 is 11.5. The van der Waals surface area contributed by atoms with Gasteiger partial charge in [0.1, 0.15) is 18.4 Å². The molecule has 1 N–H and O–H groups in total. The van der Waals surface area contributed by atoms with Crippen molar-refractivity contribution < 1.29 is 23.9 Å². The molecule has 3 amide bonds. The maximum atomic E-state index is 13.2. The van der Waals surface area contributed by atoms with Gasteiger partial charge in [0.05, 0.1) is 43.3 Å². The monoisotopic (exact) mass is 479 g/mol. The first kappa shape index (κ1) is 24.7. The lowest BCUT2D eigenvalue weighted by molar-refractivity contribution is -0.137. The van der Waals surface area contributed by atoms with Crippen LogP contribution < -0.4 is 10.1 Å². The Morgan fingerprint density at radius 1 is 1.00 bits per heavy atom. The second-order valence-electron chi connectivity index (χ2n) is 9.44. The topological polar surface area (TPSA) is 88.2 Å². The molecule has 2 fully saturated rings. The van der Waals surface area contributed by atoms with Crippen molar-refractivity contribution in [3.63, 3.8) is 0 Å². The molecular weight excluding hydrogens is 455 g/mol. The Morgan fingerprint density at radius 2 is 1.69 bits per heavy atom. The molecule has 2 unspecified atom stereocenters. The van der Waals surface area contributed by atoms with Crippen molar-refractivity contribution in [2.45, 2.75) is 36.8 Å². The molecule has 2 saturated heterocycles. The highest BCUT2D eigenvalue weighted by Crippen LogP contribution is 2.44. The standard InChI is InChI=1S/C25H24B3N3O5/c26-20-22(32)29-23(33)21(25(20,27)28)31-13-18-17(24(31)34)2-1-3-19(18)36-14-16-6-4-15(5-7-16)12-30-8-10-35-11-9-30/h1-7,20-21H,8-14H2,(H,29,32,33). The van der Waals surface area contributed by atoms with Gasteiger partial charge in [-0.25, -0.2) is 0 Å². The van der Waals surface area contributed by atoms with Crippen LogP contribution in [-0.4, -0.2) is 83.4 Å². The van der Waals surface area contributed by atoms with Crippen molar-refractivity contribution >= 4 is 41.3 Å². The number of amides is 3. The summed E-state index contributed by atoms with van der Waals surface area (Å²) in [5.74, 6) is -2.78. The molecule has 2 aromatic carbocycles. The zero-order chi connectivity index (χ0) is 25.4. The molecule has 178 valence electrons. The van der Waals surface area contributed by atoms with Gasteiger partial charge in [0.25, 0.3) is 5.91 Å². The van der Waals surface area contributed by atoms with E-state index in [9.17, 15) is 14.4 Å². The summed E-state index contributed by atoms with van der Waals surface area (Å²) in [6, 6.07) is 12.1. The minimum absolute atomic E-state index is 0.0535. The van der Waals surface area contributed by atoms with Crippen LogP contribution >= 0.6 is 0 Å². The number of fused-ring (bicyclic) bond motifs is 1. The van der Waals surface area contributed by atoms with Gasteiger partial charge in [-0.2, -0.15) is 0 Å². The van der Waals surface area contributed by atoms with E-state index in [0.29, 0.717) is 23.5 Å². The maximum Gasteiger partial charge on any atom is 0.255 e. The summed E-state index contributed by atoms with van der Waals surface area (Å²) in [5.41, 5.74) is 3.22. The number of benzene rings is 2. The number of imide groups is 1. The maximum absolute atomic E-state index is 13.2. The Bertz CT molecular complexity index is 1180. The van der Waals surface area contributed by atoms with E-state index in [2.05, 4.69) is 22.3 Å². The summed E-state index contributed by atoms with van der Waals surface area (Å²) in [6.07, 6.45) is 0. The third kappa shape index (κ3) is 4.57. The van der Waals surface area contributed by atoms with Gasteiger partial charge in [0.2, 0.25) is 11.8 Å². The largest absolute Gasteiger partial charge is 0.489 e. The van der Waals surface area contributed by atoms with Crippen LogP contribution in [0.3, 0.4) is 0 Å². The number of rotatable bonds is 6. The predicted octanol–water partition coefficient (Wildman–Crippen LogP) is 0.489. The number of ether oxygens (including phenoxy) is 2. The van der Waals surface area contributed by atoms with Gasteiger partial charge in [-0.3, -0.25) is 24.6 Å². The fraction of sp³-hybridized carbons (Fsp3) is 0.400. The zero-order valence-electron chi connectivity index (χ0n) is 19.8. The number of piperidine rings is 1. The second-order valence-corrected chi connectivity index (χ2v) is 9.44. The van der Waals surface area contributed by atoms with Gasteiger partial charge in [-0.05, 0) is 29.1 Å². The van der Waals surface area contributed by atoms with Crippen LogP contribution in [0.4, 0.5) is 0 Å². The summed E-state index contributed by atoms with van der Waals surface area (Å²) >= 11 is 0. The molecule has 0 saturated carbocycles. The molecule has 2 aromatic rings. The Balaban J connectivity index is 1.28. The summed E-state index contributed by atoms with van der Waals surface area (Å²) in [6.45, 7) is 4.63. The smallest absolute Gasteiger partial charge is 0.255 e. The summed E-state index contributed by atoms with van der Waals surface area (Å²) in [5, 5.41) is 0.238. The molecule has 0 aliphatic carbocycles. The predicted molar refractivity (Wildman–Crippen MR) is 134 cm³/mol. The Labute approximate surface area is 213 Å². The lowest BCUT2D eigenvalue weighted by Gasteiger charge is -2.46. The van der Waals surface area contributed by atoms with Crippen LogP contribution in [0.5, 0.6) is 5.75 Å². The lowest BCUT2D eigenvalue weighted by Crippen LogP contribution is -2.62. The van der Waals surface area contributed by atoms with Crippen molar-refractivity contribution in [3.8, 4) is 5.75 Å². The molecule has 5 rings (SSSR count). The van der Waals surface area contributed by atoms with E-state index in [1.807, 2.05) is 12.1 Å². The first-order valence-corrected chi connectivity index (χ1v) is 11.9. The van der Waals surface area contributed by atoms with Gasteiger partial charge < -0.3 is 14.4 Å². The van der Waals surface area contributed by atoms with E-state index in [4.69, 9.17) is 33.0 Å². The van der Waals surface area contributed by atoms with Crippen LogP contribution in [0.15, 0.2) is 42.5 Å². The molecule has 0 spiro atoms. The number of carbonyl (C=O) groups is 3. The van der Waals surface area contributed by atoms with Crippen LogP contribution in [0.1, 0.15) is 27.0 Å². The Morgan fingerprint density at radius 3 is 2.42 bits per heavy atom. The van der Waals surface area contributed by atoms with Gasteiger partial charge >= 0.3 is 0 Å². The van der Waals surface area contributed by atoms with Crippen LogP contribution in [0.2, 0.25) is 11.0 Å². The Hall–Kier alpha value is -3.04. The highest BCUT2D eigenvalue weighted by molar-refractivity contribution is 6.50. The first-order chi connectivity index (χ1) is 17.3. The third-order valence-electron chi connectivity index (χ3n) is 6.98. The highest BCUT2D eigenvalue weighted by atomic mass is 16.5. The first-order valence-electron chi connectivity index (χ1n) is 11.9. The SMILES string of the molecule is [B]C1C(=O)NC(=O)C(N2Cc3c(OCc4ccc(CN5CCOCC5)cc4)cccc3C2=O)C1([B])[B]. The third-order valence-corrected chi connectivity index (χ3v) is 6.98. The van der Waals surface area contributed by atoms with E-state index >= 15 is 0 Å². The van der Waals surface area contributed by atoms with E-state index in [-0.39, 0.29) is 6.54 Å². The minimum Gasteiger partial charge on any atom is -0.489 e. The van der Waals surface area contributed by atoms with E-state index in [0.717, 1.165) is 38.4 Å². The Kier molecular flexibility index (Phi) is 6.70. The second kappa shape index (κ2) is 9.79. The number of hydrogen-bond acceptors (Lipinski definition) is 6. The van der Waals surface area contributed by atoms with Crippen molar-refractivity contribution in [1.82, 2.24) is 15.1 Å². The van der Waals surface area contributed by atoms with E-state index in [1.54, 1.807) is 18.2 Å². The van der Waals surface area contributed by atoms with Gasteiger partial charge in [-0.1, -0.05) is 35.5 Å². The molecule has 0 bridgehead atoms. The van der Waals surface area contributed by atoms with Crippen molar-refractivity contribution in [3.05, 3.63) is 64.7 Å². The normalized spacial score (nSPS) is 23.9. The molecule has 3 aliphatic heterocycles. The number of hydrogen-bond donors (Lipinski definition) is 1. The molecular formula is C25H24B3N3O5. The highest BCUT2D eigenvalue weighted by Gasteiger charge is 2.51. The summed E-state index contributed by atoms with van der Waals surface area (Å²) in [4.78, 5) is 41.3. The lowest BCUT2D eigenvalue weighted by atomic mass is 9.39. The molecule has 8 nitrogen and oxygen atoms in total. The minimum atomic E-state index is -1.92. The number of nitrogens with zero attached hydrogens (tertiary/aromatic N) is 2. The van der Waals surface area contributed by atoms with Gasteiger partial charge in [0, 0.05) is 30.8 Å². The molecule has 3 aliphatic rings. The van der Waals surface area contributed by atoms with Crippen LogP contribution in [0, 0.1) is 0 Å². The van der Waals surface area contributed by atoms with Gasteiger partial charge in [0.15, 0.2) is 0 Å². The fourth-order valence-corrected chi connectivity index (χ4v) is 4.89. The van der Waals surface area contributed by atoms with Crippen LogP contribution in [-0.2, 0) is 34.0 Å². The average Bonchev–Trinajstić information content (AvgIpc) is 3.19. The number of carbonyl (C=O) groups excluding carboxylic acids is 3. The zero-order valence-corrected chi connectivity index (χ0v) is 19.8. The molecule has 2 atom stereocenters. The fourth-order valence-electron chi connectivity index (χ4n) is 4.89. The van der Waals surface area contributed by atoms with E-state index in [1.165, 1.54) is 10.5 Å². The number of morpholine rings is 1. The molecule has 0 aromatic heterocycles. The average molecular weight is 479 g/mol. The number of nitrogens with one attached hydrogen (secondary N) is 1. The molecule has 3 heterocycles. The van der Waals surface area contributed by atoms with Crippen molar-refractivity contribution in [2.24, 2.45) is 0 Å². The summed E-state index contributed by atoms with van der Waals surface area (Å²) in [7, 11) is 18.1. The van der Waals surface area contributed by atoms with Crippen molar-refractivity contribution in [1.29, 1.82) is 0 Å². The quantitative estimate of drug-likeness (QED) is 0.480. The molecule has 36 heavy (non-hydrogen) atoms.